The molecule has 0 aromatic heterocycles. The summed E-state index contributed by atoms with van der Waals surface area (Å²) in [6, 6.07) is 0. The molecule has 0 rings (SSSR count). The summed E-state index contributed by atoms with van der Waals surface area (Å²) in [5.74, 6) is 1.61. The first kappa shape index (κ1) is 24.3. The van der Waals surface area contributed by atoms with Gasteiger partial charge in [0.2, 0.25) is 0 Å². The van der Waals surface area contributed by atoms with E-state index in [4.69, 9.17) is 14.6 Å². The standard InChI is InChI=1S/C14H26O6S4/c15-3-5-23-9-11(16)1-2-12(20-14(18)8-22)10-24-6-4-19-13(17)7-21/h11-12,15-16,21-22H,1-10H2. The van der Waals surface area contributed by atoms with E-state index < -0.39 is 12.1 Å². The molecular formula is C14H26O6S4. The molecule has 0 aliphatic heterocycles. The predicted molar refractivity (Wildman–Crippen MR) is 106 cm³/mol. The minimum absolute atomic E-state index is 0.00955. The van der Waals surface area contributed by atoms with Crippen LogP contribution in [0.2, 0.25) is 0 Å². The Bertz CT molecular complexity index is 345. The van der Waals surface area contributed by atoms with E-state index in [2.05, 4.69) is 25.3 Å². The molecule has 0 heterocycles. The summed E-state index contributed by atoms with van der Waals surface area (Å²) in [6.07, 6.45) is 0.245. The maximum Gasteiger partial charge on any atom is 0.315 e. The number of carbonyl (C=O) groups excluding carboxylic acids is 2. The van der Waals surface area contributed by atoms with Gasteiger partial charge in [0.1, 0.15) is 12.7 Å². The maximum absolute atomic E-state index is 11.4. The van der Waals surface area contributed by atoms with Gasteiger partial charge in [-0.1, -0.05) is 0 Å². The Morgan fingerprint density at radius 1 is 1.00 bits per heavy atom. The monoisotopic (exact) mass is 418 g/mol. The molecule has 0 aromatic rings. The van der Waals surface area contributed by atoms with Gasteiger partial charge >= 0.3 is 11.9 Å². The maximum atomic E-state index is 11.4. The summed E-state index contributed by atoms with van der Waals surface area (Å²) in [5.41, 5.74) is 0. The van der Waals surface area contributed by atoms with Gasteiger partial charge in [-0.25, -0.2) is 0 Å². The molecule has 0 aromatic carbocycles. The number of hydrogen-bond donors (Lipinski definition) is 4. The summed E-state index contributed by atoms with van der Waals surface area (Å²) in [6.45, 7) is 0.381. The number of esters is 2. The van der Waals surface area contributed by atoms with E-state index in [9.17, 15) is 14.7 Å². The van der Waals surface area contributed by atoms with Crippen LogP contribution < -0.4 is 0 Å². The molecule has 24 heavy (non-hydrogen) atoms. The Morgan fingerprint density at radius 3 is 2.29 bits per heavy atom. The van der Waals surface area contributed by atoms with Crippen molar-refractivity contribution in [3.05, 3.63) is 0 Å². The fourth-order valence-electron chi connectivity index (χ4n) is 1.62. The van der Waals surface area contributed by atoms with Crippen molar-refractivity contribution in [1.29, 1.82) is 0 Å². The first-order valence-corrected chi connectivity index (χ1v) is 11.1. The zero-order valence-electron chi connectivity index (χ0n) is 13.5. The molecule has 0 spiro atoms. The quantitative estimate of drug-likeness (QED) is 0.177. The number of hydrogen-bond acceptors (Lipinski definition) is 10. The second-order valence-corrected chi connectivity index (χ2v) is 7.69. The first-order chi connectivity index (χ1) is 11.5. The predicted octanol–water partition coefficient (Wildman–Crippen LogP) is 0.901. The van der Waals surface area contributed by atoms with E-state index in [1.165, 1.54) is 23.5 Å². The lowest BCUT2D eigenvalue weighted by atomic mass is 10.1. The molecule has 2 atom stereocenters. The Hall–Kier alpha value is 0.260. The van der Waals surface area contributed by atoms with Gasteiger partial charge in [-0.2, -0.15) is 48.8 Å². The Labute approximate surface area is 162 Å². The number of thiol groups is 2. The van der Waals surface area contributed by atoms with Gasteiger partial charge in [-0.3, -0.25) is 9.59 Å². The van der Waals surface area contributed by atoms with Crippen LogP contribution in [0.4, 0.5) is 0 Å². The number of aliphatic hydroxyl groups is 2. The lowest BCUT2D eigenvalue weighted by molar-refractivity contribution is -0.145. The van der Waals surface area contributed by atoms with Crippen molar-refractivity contribution in [3.63, 3.8) is 0 Å². The summed E-state index contributed by atoms with van der Waals surface area (Å²) in [4.78, 5) is 22.4. The molecule has 2 N–H and O–H groups in total. The van der Waals surface area contributed by atoms with Crippen LogP contribution in [0.15, 0.2) is 0 Å². The molecule has 0 amide bonds. The van der Waals surface area contributed by atoms with Gasteiger partial charge in [-0.15, -0.1) is 0 Å². The molecule has 0 fully saturated rings. The van der Waals surface area contributed by atoms with Gasteiger partial charge in [0.15, 0.2) is 0 Å². The number of carbonyl (C=O) groups is 2. The van der Waals surface area contributed by atoms with E-state index in [0.717, 1.165) is 0 Å². The van der Waals surface area contributed by atoms with Crippen molar-refractivity contribution in [1.82, 2.24) is 0 Å². The summed E-state index contributed by atoms with van der Waals surface area (Å²) >= 11 is 10.7. The highest BCUT2D eigenvalue weighted by molar-refractivity contribution is 7.99. The van der Waals surface area contributed by atoms with Gasteiger partial charge in [0.05, 0.1) is 24.2 Å². The molecule has 0 aliphatic carbocycles. The Kier molecular flexibility index (Phi) is 16.9. The van der Waals surface area contributed by atoms with Crippen molar-refractivity contribution in [2.24, 2.45) is 0 Å². The van der Waals surface area contributed by atoms with Gasteiger partial charge in [-0.05, 0) is 12.8 Å². The van der Waals surface area contributed by atoms with E-state index in [-0.39, 0.29) is 36.8 Å². The van der Waals surface area contributed by atoms with Gasteiger partial charge in [0, 0.05) is 23.0 Å². The second-order valence-electron chi connectivity index (χ2n) is 4.75. The molecule has 2 unspecified atom stereocenters. The highest BCUT2D eigenvalue weighted by Crippen LogP contribution is 2.15. The van der Waals surface area contributed by atoms with Crippen LogP contribution in [0.1, 0.15) is 12.8 Å². The van der Waals surface area contributed by atoms with Crippen molar-refractivity contribution in [2.45, 2.75) is 25.0 Å². The van der Waals surface area contributed by atoms with Crippen LogP contribution in [0, 0.1) is 0 Å². The van der Waals surface area contributed by atoms with E-state index >= 15 is 0 Å². The SMILES string of the molecule is O=C(CS)OCCSCC(CCC(O)CSCCO)OC(=O)CS. The van der Waals surface area contributed by atoms with E-state index in [0.29, 0.717) is 35.9 Å². The fourth-order valence-corrected chi connectivity index (χ4v) is 3.39. The minimum atomic E-state index is -0.500. The number of ether oxygens (including phenoxy) is 2. The number of rotatable bonds is 15. The van der Waals surface area contributed by atoms with Gasteiger partial charge < -0.3 is 19.7 Å². The molecule has 0 bridgehead atoms. The van der Waals surface area contributed by atoms with Crippen LogP contribution >= 0.6 is 48.8 Å². The van der Waals surface area contributed by atoms with Crippen LogP contribution in [-0.2, 0) is 19.1 Å². The Morgan fingerprint density at radius 2 is 1.67 bits per heavy atom. The van der Waals surface area contributed by atoms with E-state index in [1.807, 2.05) is 0 Å². The normalized spacial score (nSPS) is 13.3. The third-order valence-corrected chi connectivity index (χ3v) is 5.39. The summed E-state index contributed by atoms with van der Waals surface area (Å²) < 4.78 is 10.2. The van der Waals surface area contributed by atoms with E-state index in [1.54, 1.807) is 0 Å². The van der Waals surface area contributed by atoms with Gasteiger partial charge in [0.25, 0.3) is 0 Å². The number of aliphatic hydroxyl groups excluding tert-OH is 2. The molecule has 0 radical (unpaired) electrons. The average molecular weight is 419 g/mol. The molecule has 0 aliphatic rings. The molecule has 10 heteroatoms. The largest absolute Gasteiger partial charge is 0.464 e. The van der Waals surface area contributed by atoms with Crippen LogP contribution in [0.25, 0.3) is 0 Å². The molecule has 0 saturated heterocycles. The zero-order valence-corrected chi connectivity index (χ0v) is 16.9. The molecular weight excluding hydrogens is 392 g/mol. The lowest BCUT2D eigenvalue weighted by Crippen LogP contribution is -2.24. The third-order valence-electron chi connectivity index (χ3n) is 2.72. The fraction of sp³-hybridized carbons (Fsp3) is 0.857. The summed E-state index contributed by atoms with van der Waals surface area (Å²) in [5, 5.41) is 18.6. The Balaban J connectivity index is 4.04. The topological polar surface area (TPSA) is 93.1 Å². The summed E-state index contributed by atoms with van der Waals surface area (Å²) in [7, 11) is 0. The highest BCUT2D eigenvalue weighted by Gasteiger charge is 2.16. The third kappa shape index (κ3) is 14.6. The molecule has 0 saturated carbocycles. The van der Waals surface area contributed by atoms with Crippen molar-refractivity contribution < 1.29 is 29.3 Å². The molecule has 142 valence electrons. The van der Waals surface area contributed by atoms with Crippen molar-refractivity contribution in [2.75, 3.05) is 47.7 Å². The average Bonchev–Trinajstić information content (AvgIpc) is 2.58. The highest BCUT2D eigenvalue weighted by atomic mass is 32.2. The van der Waals surface area contributed by atoms with Crippen molar-refractivity contribution in [3.8, 4) is 0 Å². The van der Waals surface area contributed by atoms with Crippen LogP contribution in [0.3, 0.4) is 0 Å². The minimum Gasteiger partial charge on any atom is -0.464 e. The first-order valence-electron chi connectivity index (χ1n) is 7.54. The zero-order chi connectivity index (χ0) is 18.2. The second kappa shape index (κ2) is 16.7. The van der Waals surface area contributed by atoms with Crippen LogP contribution in [-0.4, -0.2) is 82.1 Å². The van der Waals surface area contributed by atoms with Crippen molar-refractivity contribution >= 4 is 60.7 Å². The van der Waals surface area contributed by atoms with Crippen LogP contribution in [0.5, 0.6) is 0 Å². The smallest absolute Gasteiger partial charge is 0.315 e. The lowest BCUT2D eigenvalue weighted by Gasteiger charge is -2.19. The number of thioether (sulfide) groups is 2. The molecule has 6 nitrogen and oxygen atoms in total.